The Balaban J connectivity index is 1.59. The third-order valence-electron chi connectivity index (χ3n) is 6.59. The van der Waals surface area contributed by atoms with E-state index in [9.17, 15) is 4.79 Å². The number of terminal acetylenes is 1. The fourth-order valence-corrected chi connectivity index (χ4v) is 4.73. The molecule has 1 atom stereocenters. The summed E-state index contributed by atoms with van der Waals surface area (Å²) < 4.78 is 2.12. The first-order valence-corrected chi connectivity index (χ1v) is 11.7. The second-order valence-corrected chi connectivity index (χ2v) is 9.35. The molecule has 0 N–H and O–H groups in total. The lowest BCUT2D eigenvalue weighted by atomic mass is 9.97. The molecule has 2 aliphatic rings. The molecule has 0 spiro atoms. The van der Waals surface area contributed by atoms with Gasteiger partial charge in [0, 0.05) is 41.7 Å². The van der Waals surface area contributed by atoms with Crippen LogP contribution in [0.1, 0.15) is 24.1 Å². The number of likely N-dealkylation sites (N-methyl/N-ethyl adjacent to an activating group) is 1. The molecule has 5 rings (SSSR count). The van der Waals surface area contributed by atoms with Crippen LogP contribution in [0.5, 0.6) is 0 Å². The van der Waals surface area contributed by atoms with Crippen LogP contribution in [0.3, 0.4) is 0 Å². The van der Waals surface area contributed by atoms with E-state index >= 15 is 0 Å². The maximum absolute atomic E-state index is 13.3. The van der Waals surface area contributed by atoms with Gasteiger partial charge in [-0.2, -0.15) is 5.10 Å². The Labute approximate surface area is 200 Å². The number of carbonyl (C=O) groups excluding carboxylic acids is 1. The molecule has 2 aromatic heterocycles. The van der Waals surface area contributed by atoms with Gasteiger partial charge in [-0.3, -0.25) is 14.5 Å². The summed E-state index contributed by atoms with van der Waals surface area (Å²) in [5.41, 5.74) is 5.83. The standard InChI is InChI=1S/C28H29N5O/c1-4-20-7-5-8-23(17-20)28-27(22-12-14-29-15-13-22)25-18-32(26(34)9-6-16-31(2)3)24(21-10-11-21)19-33(25)30-28/h1,5-9,12-15,17,21,24H,10-11,16,18-19H2,2-3H3/b9-6+/t24-/m1/s1. The van der Waals surface area contributed by atoms with E-state index in [4.69, 9.17) is 11.5 Å². The van der Waals surface area contributed by atoms with Crippen LogP contribution >= 0.6 is 0 Å². The Morgan fingerprint density at radius 1 is 1.21 bits per heavy atom. The molecule has 34 heavy (non-hydrogen) atoms. The zero-order chi connectivity index (χ0) is 23.7. The average molecular weight is 452 g/mol. The lowest BCUT2D eigenvalue weighted by Gasteiger charge is -2.36. The van der Waals surface area contributed by atoms with Gasteiger partial charge in [-0.05, 0) is 62.7 Å². The number of hydrogen-bond acceptors (Lipinski definition) is 4. The number of benzene rings is 1. The topological polar surface area (TPSA) is 54.3 Å². The fourth-order valence-electron chi connectivity index (χ4n) is 4.73. The maximum atomic E-state index is 13.3. The molecule has 1 aliphatic heterocycles. The smallest absolute Gasteiger partial charge is 0.246 e. The van der Waals surface area contributed by atoms with E-state index in [1.165, 1.54) is 12.8 Å². The Bertz CT molecular complexity index is 1260. The van der Waals surface area contributed by atoms with Gasteiger partial charge < -0.3 is 9.80 Å². The number of aromatic nitrogens is 3. The number of rotatable bonds is 6. The molecule has 6 heteroatoms. The normalized spacial score (nSPS) is 17.7. The van der Waals surface area contributed by atoms with E-state index in [0.29, 0.717) is 19.0 Å². The lowest BCUT2D eigenvalue weighted by molar-refractivity contribution is -0.130. The average Bonchev–Trinajstić information content (AvgIpc) is 3.63. The summed E-state index contributed by atoms with van der Waals surface area (Å²) in [6.45, 7) is 1.98. The van der Waals surface area contributed by atoms with Gasteiger partial charge in [0.15, 0.2) is 0 Å². The number of amides is 1. The summed E-state index contributed by atoms with van der Waals surface area (Å²) in [4.78, 5) is 21.6. The molecule has 0 saturated heterocycles. The minimum atomic E-state index is 0.0720. The third kappa shape index (κ3) is 4.40. The van der Waals surface area contributed by atoms with Crippen molar-refractivity contribution in [3.63, 3.8) is 0 Å². The highest BCUT2D eigenvalue weighted by atomic mass is 16.2. The molecule has 6 nitrogen and oxygen atoms in total. The molecule has 0 bridgehead atoms. The van der Waals surface area contributed by atoms with Crippen LogP contribution < -0.4 is 0 Å². The monoisotopic (exact) mass is 451 g/mol. The molecule has 3 aromatic rings. The molecular weight excluding hydrogens is 422 g/mol. The van der Waals surface area contributed by atoms with Gasteiger partial charge in [0.1, 0.15) is 5.69 Å². The molecule has 1 fully saturated rings. The lowest BCUT2D eigenvalue weighted by Crippen LogP contribution is -2.47. The number of hydrogen-bond donors (Lipinski definition) is 0. The van der Waals surface area contributed by atoms with Crippen LogP contribution in [0.2, 0.25) is 0 Å². The van der Waals surface area contributed by atoms with Crippen molar-refractivity contribution >= 4 is 5.91 Å². The van der Waals surface area contributed by atoms with E-state index in [1.807, 2.05) is 66.4 Å². The van der Waals surface area contributed by atoms with Crippen molar-refractivity contribution < 1.29 is 4.79 Å². The maximum Gasteiger partial charge on any atom is 0.246 e. The third-order valence-corrected chi connectivity index (χ3v) is 6.59. The van der Waals surface area contributed by atoms with Crippen molar-refractivity contribution in [1.29, 1.82) is 0 Å². The Morgan fingerprint density at radius 3 is 2.71 bits per heavy atom. The number of carbonyl (C=O) groups is 1. The van der Waals surface area contributed by atoms with Crippen molar-refractivity contribution in [3.05, 3.63) is 72.2 Å². The highest BCUT2D eigenvalue weighted by Gasteiger charge is 2.41. The second kappa shape index (κ2) is 9.28. The largest absolute Gasteiger partial charge is 0.328 e. The second-order valence-electron chi connectivity index (χ2n) is 9.35. The first-order valence-electron chi connectivity index (χ1n) is 11.7. The van der Waals surface area contributed by atoms with Crippen molar-refractivity contribution in [1.82, 2.24) is 24.6 Å². The van der Waals surface area contributed by atoms with Crippen molar-refractivity contribution in [2.75, 3.05) is 20.6 Å². The van der Waals surface area contributed by atoms with Crippen LogP contribution in [-0.4, -0.2) is 57.2 Å². The minimum absolute atomic E-state index is 0.0720. The van der Waals surface area contributed by atoms with Crippen molar-refractivity contribution in [2.24, 2.45) is 5.92 Å². The number of pyridine rings is 1. The summed E-state index contributed by atoms with van der Waals surface area (Å²) in [6.07, 6.45) is 15.3. The van der Waals surface area contributed by atoms with Crippen LogP contribution in [-0.2, 0) is 17.9 Å². The zero-order valence-electron chi connectivity index (χ0n) is 19.7. The molecule has 172 valence electrons. The predicted octanol–water partition coefficient (Wildman–Crippen LogP) is 3.83. The van der Waals surface area contributed by atoms with E-state index in [0.717, 1.165) is 40.2 Å². The summed E-state index contributed by atoms with van der Waals surface area (Å²) in [5.74, 6) is 3.34. The highest BCUT2D eigenvalue weighted by molar-refractivity contribution is 5.89. The van der Waals surface area contributed by atoms with Gasteiger partial charge in [0.05, 0.1) is 24.8 Å². The summed E-state index contributed by atoms with van der Waals surface area (Å²) >= 11 is 0. The van der Waals surface area contributed by atoms with Crippen LogP contribution in [0.4, 0.5) is 0 Å². The van der Waals surface area contributed by atoms with E-state index in [1.54, 1.807) is 18.5 Å². The molecular formula is C28H29N5O. The van der Waals surface area contributed by atoms with Gasteiger partial charge in [-0.25, -0.2) is 0 Å². The number of nitrogens with zero attached hydrogens (tertiary/aromatic N) is 5. The van der Waals surface area contributed by atoms with Crippen molar-refractivity contribution in [2.45, 2.75) is 32.0 Å². The molecule has 1 aliphatic carbocycles. The first-order chi connectivity index (χ1) is 16.5. The van der Waals surface area contributed by atoms with Gasteiger partial charge in [0.25, 0.3) is 0 Å². The van der Waals surface area contributed by atoms with Crippen LogP contribution in [0.15, 0.2) is 60.9 Å². The van der Waals surface area contributed by atoms with Gasteiger partial charge in [-0.1, -0.05) is 24.1 Å². The van der Waals surface area contributed by atoms with Crippen molar-refractivity contribution in [3.8, 4) is 34.7 Å². The predicted molar refractivity (Wildman–Crippen MR) is 134 cm³/mol. The SMILES string of the molecule is C#Cc1cccc(-c2nn3c(c2-c2ccncc2)CN(C(=O)/C=C/CN(C)C)[C@@H](C2CC2)C3)c1. The molecule has 0 unspecified atom stereocenters. The minimum Gasteiger partial charge on any atom is -0.328 e. The molecule has 1 amide bonds. The molecule has 0 radical (unpaired) electrons. The van der Waals surface area contributed by atoms with E-state index < -0.39 is 0 Å². The van der Waals surface area contributed by atoms with Crippen LogP contribution in [0, 0.1) is 18.3 Å². The van der Waals surface area contributed by atoms with Gasteiger partial charge in [-0.15, -0.1) is 6.42 Å². The summed E-state index contributed by atoms with van der Waals surface area (Å²) in [5, 5.41) is 5.08. The van der Waals surface area contributed by atoms with E-state index in [-0.39, 0.29) is 11.9 Å². The van der Waals surface area contributed by atoms with Gasteiger partial charge in [0.2, 0.25) is 5.91 Å². The molecule has 3 heterocycles. The Morgan fingerprint density at radius 2 is 2.00 bits per heavy atom. The van der Waals surface area contributed by atoms with Crippen LogP contribution in [0.25, 0.3) is 22.4 Å². The van der Waals surface area contributed by atoms with E-state index in [2.05, 4.69) is 15.6 Å². The Hall–Kier alpha value is -3.69. The fraction of sp³-hybridized carbons (Fsp3) is 0.321. The quantitative estimate of drug-likeness (QED) is 0.422. The zero-order valence-corrected chi connectivity index (χ0v) is 19.7. The molecule has 1 saturated carbocycles. The first kappa shape index (κ1) is 22.1. The van der Waals surface area contributed by atoms with Gasteiger partial charge >= 0.3 is 0 Å². The molecule has 1 aromatic carbocycles. The highest BCUT2D eigenvalue weighted by Crippen LogP contribution is 2.42. The summed E-state index contributed by atoms with van der Waals surface area (Å²) in [7, 11) is 4.00. The Kier molecular flexibility index (Phi) is 6.04. The summed E-state index contributed by atoms with van der Waals surface area (Å²) in [6, 6.07) is 12.1. The number of fused-ring (bicyclic) bond motifs is 1.